The van der Waals surface area contributed by atoms with Gasteiger partial charge in [0.05, 0.1) is 12.1 Å². The van der Waals surface area contributed by atoms with Gasteiger partial charge < -0.3 is 14.6 Å². The fraction of sp³-hybridized carbons (Fsp3) is 0.324. The van der Waals surface area contributed by atoms with Crippen molar-refractivity contribution >= 4 is 64.0 Å². The van der Waals surface area contributed by atoms with E-state index < -0.39 is 6.10 Å². The molecule has 8 nitrogen and oxygen atoms in total. The molecule has 0 bridgehead atoms. The van der Waals surface area contributed by atoms with E-state index in [0.29, 0.717) is 67.6 Å². The Hall–Kier alpha value is -3.05. The molecule has 0 saturated heterocycles. The van der Waals surface area contributed by atoms with Crippen LogP contribution in [0.2, 0.25) is 20.1 Å². The Labute approximate surface area is 298 Å². The van der Waals surface area contributed by atoms with Gasteiger partial charge in [0.15, 0.2) is 6.29 Å². The summed E-state index contributed by atoms with van der Waals surface area (Å²) in [5.41, 5.74) is 2.66. The van der Waals surface area contributed by atoms with Gasteiger partial charge in [-0.15, -0.1) is 11.3 Å². The van der Waals surface area contributed by atoms with E-state index in [0.717, 1.165) is 22.3 Å². The summed E-state index contributed by atoms with van der Waals surface area (Å²) in [5.74, 6) is 2.21. The molecule has 0 aliphatic carbocycles. The molecule has 250 valence electrons. The van der Waals surface area contributed by atoms with E-state index >= 15 is 0 Å². The van der Waals surface area contributed by atoms with Gasteiger partial charge in [-0.25, -0.2) is 9.36 Å². The lowest BCUT2D eigenvalue weighted by atomic mass is 10.1. The van der Waals surface area contributed by atoms with E-state index in [2.05, 4.69) is 10.2 Å². The lowest BCUT2D eigenvalue weighted by Gasteiger charge is -2.13. The summed E-state index contributed by atoms with van der Waals surface area (Å²) < 4.78 is 15.5. The van der Waals surface area contributed by atoms with Crippen molar-refractivity contribution in [2.45, 2.75) is 72.6 Å². The van der Waals surface area contributed by atoms with Crippen LogP contribution in [0.1, 0.15) is 91.9 Å². The zero-order valence-corrected chi connectivity index (χ0v) is 30.6. The number of carbonyl (C=O) groups excluding carboxylic acids is 1. The van der Waals surface area contributed by atoms with E-state index in [9.17, 15) is 9.90 Å². The van der Waals surface area contributed by atoms with Crippen molar-refractivity contribution < 1.29 is 19.4 Å². The highest BCUT2D eigenvalue weighted by Gasteiger charge is 2.26. The van der Waals surface area contributed by atoms with Crippen LogP contribution in [0, 0.1) is 0 Å². The summed E-state index contributed by atoms with van der Waals surface area (Å²) in [7, 11) is 0. The second kappa shape index (κ2) is 16.4. The molecule has 0 radical (unpaired) electrons. The Balaban J connectivity index is 0.000000218. The molecule has 47 heavy (non-hydrogen) atoms. The molecule has 5 aromatic rings. The van der Waals surface area contributed by atoms with Crippen molar-refractivity contribution in [1.29, 1.82) is 0 Å². The number of nitrogens with zero attached hydrogens (tertiary/aromatic N) is 4. The van der Waals surface area contributed by atoms with Crippen molar-refractivity contribution in [1.82, 2.24) is 19.6 Å². The number of hydrogen-bond acceptors (Lipinski definition) is 7. The van der Waals surface area contributed by atoms with Gasteiger partial charge in [0.2, 0.25) is 11.8 Å². The highest BCUT2D eigenvalue weighted by Crippen LogP contribution is 2.38. The second-order valence-electron chi connectivity index (χ2n) is 11.1. The number of halogens is 4. The Kier molecular flexibility index (Phi) is 12.8. The third-order valence-electron chi connectivity index (χ3n) is 6.95. The van der Waals surface area contributed by atoms with Crippen LogP contribution < -0.4 is 9.47 Å². The largest absolute Gasteiger partial charge is 0.439 e. The molecular weight excluding hydrogens is 702 g/mol. The quantitative estimate of drug-likeness (QED) is 0.136. The van der Waals surface area contributed by atoms with Gasteiger partial charge in [0.1, 0.15) is 29.0 Å². The fourth-order valence-corrected chi connectivity index (χ4v) is 6.54. The number of aromatic nitrogens is 4. The Morgan fingerprint density at radius 1 is 0.787 bits per heavy atom. The van der Waals surface area contributed by atoms with Crippen LogP contribution in [0.15, 0.2) is 53.9 Å². The van der Waals surface area contributed by atoms with Gasteiger partial charge in [-0.2, -0.15) is 10.2 Å². The molecule has 1 unspecified atom stereocenters. The third-order valence-corrected chi connectivity index (χ3v) is 8.75. The number of ether oxygens (including phenoxy) is 2. The molecule has 3 heterocycles. The van der Waals surface area contributed by atoms with Crippen molar-refractivity contribution in [3.8, 4) is 23.3 Å². The third kappa shape index (κ3) is 8.90. The predicted molar refractivity (Wildman–Crippen MR) is 191 cm³/mol. The first kappa shape index (κ1) is 36.8. The van der Waals surface area contributed by atoms with Crippen molar-refractivity contribution in [2.24, 2.45) is 0 Å². The van der Waals surface area contributed by atoms with E-state index in [1.54, 1.807) is 45.8 Å². The van der Waals surface area contributed by atoms with Gasteiger partial charge in [-0.3, -0.25) is 4.79 Å². The van der Waals surface area contributed by atoms with Gasteiger partial charge in [0.25, 0.3) is 0 Å². The minimum Gasteiger partial charge on any atom is -0.439 e. The van der Waals surface area contributed by atoms with Crippen LogP contribution in [0.25, 0.3) is 0 Å². The highest BCUT2D eigenvalue weighted by atomic mass is 35.5. The average molecular weight is 739 g/mol. The number of rotatable bonds is 11. The van der Waals surface area contributed by atoms with E-state index in [-0.39, 0.29) is 12.1 Å². The van der Waals surface area contributed by atoms with Crippen LogP contribution in [-0.2, 0) is 12.8 Å². The lowest BCUT2D eigenvalue weighted by molar-refractivity contribution is 0.111. The first-order valence-corrected chi connectivity index (χ1v) is 17.4. The standard InChI is InChI=1S/C19H20Cl2N2O2S.C15H16Cl2N2O2/c1-4-15-17(18(24)16-6-5-7-26-16)22-23(11(2)3)19(15)25-14-9-12(20)8-13(21)10-14;1-4-13-14(8-20)18-19(9(2)3)15(13)21-12-6-10(16)5-11(17)7-12/h5-11,18,24H,4H2,1-3H3;5-9H,4H2,1-3H3. The molecule has 0 aliphatic heterocycles. The maximum absolute atomic E-state index is 11.2. The number of aldehydes is 1. The summed E-state index contributed by atoms with van der Waals surface area (Å²) in [6, 6.07) is 14.0. The normalized spacial score (nSPS) is 11.9. The zero-order chi connectivity index (χ0) is 34.4. The fourth-order valence-electron chi connectivity index (χ4n) is 4.81. The maximum Gasteiger partial charge on any atom is 0.222 e. The Morgan fingerprint density at radius 2 is 1.26 bits per heavy atom. The molecule has 1 atom stereocenters. The first-order chi connectivity index (χ1) is 22.4. The molecule has 3 aromatic heterocycles. The summed E-state index contributed by atoms with van der Waals surface area (Å²) in [6.07, 6.45) is 1.28. The molecule has 0 fully saturated rings. The molecule has 0 aliphatic rings. The molecule has 1 N–H and O–H groups in total. The molecule has 0 saturated carbocycles. The van der Waals surface area contributed by atoms with Crippen LogP contribution in [-0.4, -0.2) is 31.0 Å². The van der Waals surface area contributed by atoms with E-state index in [1.165, 1.54) is 11.3 Å². The van der Waals surface area contributed by atoms with Crippen LogP contribution in [0.3, 0.4) is 0 Å². The first-order valence-electron chi connectivity index (χ1n) is 15.0. The molecule has 0 amide bonds. The second-order valence-corrected chi connectivity index (χ2v) is 13.8. The zero-order valence-electron chi connectivity index (χ0n) is 26.8. The van der Waals surface area contributed by atoms with Crippen LogP contribution in [0.5, 0.6) is 23.3 Å². The SMILES string of the molecule is CCc1c(C(O)c2cccs2)nn(C(C)C)c1Oc1cc(Cl)cc(Cl)c1.CCc1c(C=O)nn(C(C)C)c1Oc1cc(Cl)cc(Cl)c1. The van der Waals surface area contributed by atoms with E-state index in [4.69, 9.17) is 55.9 Å². The lowest BCUT2D eigenvalue weighted by Crippen LogP contribution is -2.06. The summed E-state index contributed by atoms with van der Waals surface area (Å²) in [4.78, 5) is 12.0. The number of thiophene rings is 1. The Morgan fingerprint density at radius 3 is 1.66 bits per heavy atom. The molecular formula is C34H36Cl4N4O4S. The number of carbonyl (C=O) groups is 1. The van der Waals surface area contributed by atoms with Gasteiger partial charge >= 0.3 is 0 Å². The number of aliphatic hydroxyl groups excluding tert-OH is 1. The van der Waals surface area contributed by atoms with Gasteiger partial charge in [-0.1, -0.05) is 66.3 Å². The van der Waals surface area contributed by atoms with Crippen molar-refractivity contribution in [3.63, 3.8) is 0 Å². The number of aliphatic hydroxyl groups is 1. The predicted octanol–water partition coefficient (Wildman–Crippen LogP) is 11.2. The highest BCUT2D eigenvalue weighted by molar-refractivity contribution is 7.10. The van der Waals surface area contributed by atoms with Gasteiger partial charge in [0, 0.05) is 36.1 Å². The number of benzene rings is 2. The van der Waals surface area contributed by atoms with Crippen LogP contribution in [0.4, 0.5) is 0 Å². The summed E-state index contributed by atoms with van der Waals surface area (Å²) >= 11 is 25.6. The molecule has 13 heteroatoms. The maximum atomic E-state index is 11.2. The smallest absolute Gasteiger partial charge is 0.222 e. The topological polar surface area (TPSA) is 91.4 Å². The summed E-state index contributed by atoms with van der Waals surface area (Å²) in [6.45, 7) is 11.9. The van der Waals surface area contributed by atoms with Crippen LogP contribution >= 0.6 is 57.7 Å². The molecule has 2 aromatic carbocycles. The summed E-state index contributed by atoms with van der Waals surface area (Å²) in [5, 5.41) is 23.7. The minimum atomic E-state index is -0.782. The molecule has 5 rings (SSSR count). The minimum absolute atomic E-state index is 0.0636. The average Bonchev–Trinajstić information content (AvgIpc) is 3.74. The van der Waals surface area contributed by atoms with Crippen molar-refractivity contribution in [3.05, 3.63) is 101 Å². The molecule has 0 spiro atoms. The number of hydrogen-bond donors (Lipinski definition) is 1. The van der Waals surface area contributed by atoms with Crippen molar-refractivity contribution in [2.75, 3.05) is 0 Å². The monoisotopic (exact) mass is 736 g/mol. The Bertz CT molecular complexity index is 1780. The van der Waals surface area contributed by atoms with Gasteiger partial charge in [-0.05, 0) is 88.4 Å². The van der Waals surface area contributed by atoms with E-state index in [1.807, 2.05) is 59.1 Å².